The minimum absolute atomic E-state index is 0.694. The molecule has 1 aromatic carbocycles. The van der Waals surface area contributed by atoms with Crippen molar-refractivity contribution in [3.05, 3.63) is 51.7 Å². The van der Waals surface area contributed by atoms with E-state index in [0.717, 1.165) is 23.7 Å². The average molecular weight is 337 g/mol. The molecule has 2 N–H and O–H groups in total. The standard InChI is InChI=1S/C16H20N2S3/c1-12-4-3-5-15(13(12)2)18-16(19)17-7-9-21-11-14-6-8-20-10-14/h3-6,8,10H,7,9,11H2,1-2H3,(H2,17,18,19). The number of thiocarbonyl (C=S) groups is 1. The molecule has 2 rings (SSSR count). The molecule has 0 bridgehead atoms. The minimum Gasteiger partial charge on any atom is -0.362 e. The molecule has 0 saturated heterocycles. The van der Waals surface area contributed by atoms with Crippen LogP contribution >= 0.6 is 35.3 Å². The van der Waals surface area contributed by atoms with Crippen LogP contribution in [-0.4, -0.2) is 17.4 Å². The van der Waals surface area contributed by atoms with Crippen LogP contribution < -0.4 is 10.6 Å². The van der Waals surface area contributed by atoms with Crippen molar-refractivity contribution in [2.45, 2.75) is 19.6 Å². The highest BCUT2D eigenvalue weighted by Crippen LogP contribution is 2.18. The van der Waals surface area contributed by atoms with Crippen LogP contribution in [0.5, 0.6) is 0 Å². The molecule has 0 atom stereocenters. The van der Waals surface area contributed by atoms with Gasteiger partial charge in [0, 0.05) is 23.7 Å². The van der Waals surface area contributed by atoms with Crippen molar-refractivity contribution in [3.8, 4) is 0 Å². The number of thiophene rings is 1. The van der Waals surface area contributed by atoms with E-state index in [1.807, 2.05) is 17.8 Å². The predicted octanol–water partition coefficient (Wildman–Crippen LogP) is 4.58. The van der Waals surface area contributed by atoms with Gasteiger partial charge in [0.1, 0.15) is 0 Å². The van der Waals surface area contributed by atoms with Gasteiger partial charge in [-0.2, -0.15) is 23.1 Å². The first-order valence-corrected chi connectivity index (χ1v) is 9.37. The molecule has 0 unspecified atom stereocenters. The van der Waals surface area contributed by atoms with E-state index in [-0.39, 0.29) is 0 Å². The Kier molecular flexibility index (Phi) is 6.54. The van der Waals surface area contributed by atoms with Crippen molar-refractivity contribution in [2.24, 2.45) is 0 Å². The van der Waals surface area contributed by atoms with Crippen molar-refractivity contribution in [2.75, 3.05) is 17.6 Å². The molecular weight excluding hydrogens is 316 g/mol. The Hall–Kier alpha value is -1.04. The molecule has 0 aliphatic heterocycles. The number of aryl methyl sites for hydroxylation is 1. The maximum Gasteiger partial charge on any atom is 0.170 e. The Bertz CT molecular complexity index is 579. The van der Waals surface area contributed by atoms with Crippen LogP contribution in [0.3, 0.4) is 0 Å². The maximum atomic E-state index is 5.34. The van der Waals surface area contributed by atoms with Crippen LogP contribution in [0.2, 0.25) is 0 Å². The smallest absolute Gasteiger partial charge is 0.170 e. The fraction of sp³-hybridized carbons (Fsp3) is 0.312. The van der Waals surface area contributed by atoms with Gasteiger partial charge in [0.25, 0.3) is 0 Å². The molecule has 112 valence electrons. The van der Waals surface area contributed by atoms with Gasteiger partial charge in [0.05, 0.1) is 0 Å². The summed E-state index contributed by atoms with van der Waals surface area (Å²) in [6, 6.07) is 8.39. The number of benzene rings is 1. The largest absolute Gasteiger partial charge is 0.362 e. The van der Waals surface area contributed by atoms with E-state index in [0.29, 0.717) is 5.11 Å². The Balaban J connectivity index is 1.66. The summed E-state index contributed by atoms with van der Waals surface area (Å²) < 4.78 is 0. The zero-order valence-corrected chi connectivity index (χ0v) is 14.8. The second-order valence-electron chi connectivity index (χ2n) is 4.81. The third-order valence-electron chi connectivity index (χ3n) is 3.23. The van der Waals surface area contributed by atoms with Gasteiger partial charge in [0.2, 0.25) is 0 Å². The molecule has 0 radical (unpaired) electrons. The SMILES string of the molecule is Cc1cccc(NC(=S)NCCSCc2ccsc2)c1C. The summed E-state index contributed by atoms with van der Waals surface area (Å²) in [5.74, 6) is 2.12. The molecule has 5 heteroatoms. The van der Waals surface area contributed by atoms with E-state index in [1.165, 1.54) is 16.7 Å². The molecule has 0 aliphatic rings. The molecule has 2 nitrogen and oxygen atoms in total. The Labute approximate surface area is 140 Å². The number of anilines is 1. The first-order valence-electron chi connectivity index (χ1n) is 6.86. The van der Waals surface area contributed by atoms with Crippen molar-refractivity contribution in [3.63, 3.8) is 0 Å². The van der Waals surface area contributed by atoms with E-state index < -0.39 is 0 Å². The van der Waals surface area contributed by atoms with Gasteiger partial charge in [-0.1, -0.05) is 12.1 Å². The third kappa shape index (κ3) is 5.34. The van der Waals surface area contributed by atoms with Gasteiger partial charge in [0.15, 0.2) is 5.11 Å². The molecule has 1 aromatic heterocycles. The van der Waals surface area contributed by atoms with Crippen LogP contribution in [0, 0.1) is 13.8 Å². The average Bonchev–Trinajstić information content (AvgIpc) is 2.97. The third-order valence-corrected chi connectivity index (χ3v) is 5.24. The van der Waals surface area contributed by atoms with E-state index >= 15 is 0 Å². The maximum absolute atomic E-state index is 5.34. The zero-order chi connectivity index (χ0) is 15.1. The lowest BCUT2D eigenvalue weighted by atomic mass is 10.1. The molecule has 0 fully saturated rings. The van der Waals surface area contributed by atoms with E-state index in [1.54, 1.807) is 11.3 Å². The summed E-state index contributed by atoms with van der Waals surface area (Å²) in [7, 11) is 0. The van der Waals surface area contributed by atoms with Crippen molar-refractivity contribution in [1.29, 1.82) is 0 Å². The molecule has 0 saturated carbocycles. The normalized spacial score (nSPS) is 10.4. The highest BCUT2D eigenvalue weighted by Gasteiger charge is 2.02. The van der Waals surface area contributed by atoms with Gasteiger partial charge in [-0.25, -0.2) is 0 Å². The Morgan fingerprint density at radius 2 is 2.14 bits per heavy atom. The summed E-state index contributed by atoms with van der Waals surface area (Å²) in [6.07, 6.45) is 0. The lowest BCUT2D eigenvalue weighted by Crippen LogP contribution is -2.30. The van der Waals surface area contributed by atoms with Crippen molar-refractivity contribution in [1.82, 2.24) is 5.32 Å². The van der Waals surface area contributed by atoms with Crippen molar-refractivity contribution < 1.29 is 0 Å². The second kappa shape index (κ2) is 8.41. The van der Waals surface area contributed by atoms with Crippen LogP contribution in [0.4, 0.5) is 5.69 Å². The number of hydrogen-bond donors (Lipinski definition) is 2. The van der Waals surface area contributed by atoms with Crippen LogP contribution in [0.15, 0.2) is 35.0 Å². The summed E-state index contributed by atoms with van der Waals surface area (Å²) in [5, 5.41) is 11.5. The lowest BCUT2D eigenvalue weighted by molar-refractivity contribution is 0.989. The molecular formula is C16H20N2S3. The summed E-state index contributed by atoms with van der Waals surface area (Å²) in [6.45, 7) is 5.10. The number of nitrogens with one attached hydrogen (secondary N) is 2. The zero-order valence-electron chi connectivity index (χ0n) is 12.3. The van der Waals surface area contributed by atoms with Gasteiger partial charge in [-0.3, -0.25) is 0 Å². The molecule has 0 aliphatic carbocycles. The first-order chi connectivity index (χ1) is 10.2. The van der Waals surface area contributed by atoms with Gasteiger partial charge in [-0.15, -0.1) is 0 Å². The van der Waals surface area contributed by atoms with Gasteiger partial charge >= 0.3 is 0 Å². The van der Waals surface area contributed by atoms with Gasteiger partial charge < -0.3 is 10.6 Å². The summed E-state index contributed by atoms with van der Waals surface area (Å²) in [4.78, 5) is 0. The minimum atomic E-state index is 0.694. The molecule has 21 heavy (non-hydrogen) atoms. The van der Waals surface area contributed by atoms with Gasteiger partial charge in [-0.05, 0) is 65.6 Å². The van der Waals surface area contributed by atoms with Crippen LogP contribution in [-0.2, 0) is 5.75 Å². The first kappa shape index (κ1) is 16.3. The highest BCUT2D eigenvalue weighted by molar-refractivity contribution is 7.98. The number of thioether (sulfide) groups is 1. The lowest BCUT2D eigenvalue weighted by Gasteiger charge is -2.13. The van der Waals surface area contributed by atoms with E-state index in [2.05, 4.69) is 53.4 Å². The molecule has 1 heterocycles. The number of hydrogen-bond acceptors (Lipinski definition) is 3. The van der Waals surface area contributed by atoms with E-state index in [4.69, 9.17) is 12.2 Å². The Morgan fingerprint density at radius 1 is 1.29 bits per heavy atom. The van der Waals surface area contributed by atoms with Crippen LogP contribution in [0.25, 0.3) is 0 Å². The molecule has 0 spiro atoms. The van der Waals surface area contributed by atoms with Crippen molar-refractivity contribution >= 4 is 46.1 Å². The Morgan fingerprint density at radius 3 is 2.90 bits per heavy atom. The highest BCUT2D eigenvalue weighted by atomic mass is 32.2. The van der Waals surface area contributed by atoms with E-state index in [9.17, 15) is 0 Å². The topological polar surface area (TPSA) is 24.1 Å². The predicted molar refractivity (Wildman–Crippen MR) is 101 cm³/mol. The number of rotatable bonds is 6. The fourth-order valence-corrected chi connectivity index (χ4v) is 3.65. The second-order valence-corrected chi connectivity index (χ2v) is 7.11. The summed E-state index contributed by atoms with van der Waals surface area (Å²) in [5.41, 5.74) is 5.00. The molecule has 2 aromatic rings. The van der Waals surface area contributed by atoms with Crippen LogP contribution in [0.1, 0.15) is 16.7 Å². The monoisotopic (exact) mass is 336 g/mol. The quantitative estimate of drug-likeness (QED) is 0.595. The summed E-state index contributed by atoms with van der Waals surface area (Å²) >= 11 is 9.01. The molecule has 0 amide bonds. The fourth-order valence-electron chi connectivity index (χ4n) is 1.85.